The summed E-state index contributed by atoms with van der Waals surface area (Å²) >= 11 is 12.2. The minimum Gasteiger partial charge on any atom is -0.468 e. The number of methoxy groups -OCH3 is 1. The first-order valence-electron chi connectivity index (χ1n) is 10.0. The molecule has 1 aliphatic rings. The number of ether oxygens (including phenoxy) is 1. The summed E-state index contributed by atoms with van der Waals surface area (Å²) in [6.07, 6.45) is 0.289. The van der Waals surface area contributed by atoms with Gasteiger partial charge in [0.15, 0.2) is 5.78 Å². The molecular formula is C23H24Cl2N2O4. The predicted octanol–water partition coefficient (Wildman–Crippen LogP) is 4.01. The fourth-order valence-electron chi connectivity index (χ4n) is 3.67. The third-order valence-corrected chi connectivity index (χ3v) is 5.98. The van der Waals surface area contributed by atoms with E-state index in [4.69, 9.17) is 27.9 Å². The van der Waals surface area contributed by atoms with Gasteiger partial charge in [0.1, 0.15) is 6.04 Å². The zero-order valence-electron chi connectivity index (χ0n) is 17.2. The zero-order chi connectivity index (χ0) is 22.4. The molecule has 0 saturated carbocycles. The highest BCUT2D eigenvalue weighted by Crippen LogP contribution is 2.29. The Labute approximate surface area is 191 Å². The van der Waals surface area contributed by atoms with Crippen molar-refractivity contribution in [2.45, 2.75) is 18.9 Å². The average Bonchev–Trinajstić information content (AvgIpc) is 2.79. The third-order valence-electron chi connectivity index (χ3n) is 5.39. The molecule has 1 amide bonds. The van der Waals surface area contributed by atoms with Crippen LogP contribution in [0.1, 0.15) is 34.8 Å². The van der Waals surface area contributed by atoms with E-state index in [1.54, 1.807) is 35.2 Å². The van der Waals surface area contributed by atoms with Gasteiger partial charge < -0.3 is 9.64 Å². The van der Waals surface area contributed by atoms with Gasteiger partial charge in [-0.15, -0.1) is 0 Å². The van der Waals surface area contributed by atoms with Crippen molar-refractivity contribution in [1.29, 1.82) is 0 Å². The largest absolute Gasteiger partial charge is 0.468 e. The summed E-state index contributed by atoms with van der Waals surface area (Å²) in [5, 5.41) is 1.06. The molecule has 0 aromatic heterocycles. The maximum absolute atomic E-state index is 12.6. The minimum atomic E-state index is -0.623. The van der Waals surface area contributed by atoms with Crippen molar-refractivity contribution in [3.63, 3.8) is 0 Å². The van der Waals surface area contributed by atoms with Gasteiger partial charge in [0.2, 0.25) is 5.91 Å². The molecule has 3 rings (SSSR count). The number of amides is 1. The number of rotatable bonds is 7. The summed E-state index contributed by atoms with van der Waals surface area (Å²) in [5.74, 6) is -0.552. The van der Waals surface area contributed by atoms with Crippen LogP contribution in [0.25, 0.3) is 0 Å². The van der Waals surface area contributed by atoms with E-state index >= 15 is 0 Å². The van der Waals surface area contributed by atoms with Crippen molar-refractivity contribution >= 4 is 40.9 Å². The Morgan fingerprint density at radius 1 is 0.935 bits per heavy atom. The highest BCUT2D eigenvalue weighted by atomic mass is 35.5. The number of piperazine rings is 1. The van der Waals surface area contributed by atoms with Gasteiger partial charge in [0.05, 0.1) is 7.11 Å². The lowest BCUT2D eigenvalue weighted by Crippen LogP contribution is -2.51. The lowest BCUT2D eigenvalue weighted by molar-refractivity contribution is -0.148. The van der Waals surface area contributed by atoms with Crippen LogP contribution in [0.3, 0.4) is 0 Å². The van der Waals surface area contributed by atoms with E-state index in [2.05, 4.69) is 0 Å². The standard InChI is InChI=1S/C23H24Cl2N2O4/c1-31-23(30)22(18-4-2-3-5-19(18)25)27-14-12-26(13-15-27)21(29)11-10-20(28)16-6-8-17(24)9-7-16/h2-9,22H,10-15H2,1H3. The molecule has 1 fully saturated rings. The van der Waals surface area contributed by atoms with Crippen LogP contribution in [0.2, 0.25) is 10.0 Å². The Hall–Kier alpha value is -2.41. The Morgan fingerprint density at radius 2 is 1.58 bits per heavy atom. The Morgan fingerprint density at radius 3 is 2.19 bits per heavy atom. The van der Waals surface area contributed by atoms with Gasteiger partial charge in [0, 0.05) is 54.6 Å². The molecule has 1 saturated heterocycles. The molecule has 164 valence electrons. The number of nitrogens with zero attached hydrogens (tertiary/aromatic N) is 2. The highest BCUT2D eigenvalue weighted by Gasteiger charge is 2.33. The monoisotopic (exact) mass is 462 g/mol. The number of Topliss-reactive ketones (excluding diaryl/α,β-unsaturated/α-hetero) is 1. The van der Waals surface area contributed by atoms with Gasteiger partial charge in [0.25, 0.3) is 0 Å². The highest BCUT2D eigenvalue weighted by molar-refractivity contribution is 6.31. The summed E-state index contributed by atoms with van der Waals surface area (Å²) in [4.78, 5) is 41.1. The second kappa shape index (κ2) is 10.8. The number of benzene rings is 2. The fourth-order valence-corrected chi connectivity index (χ4v) is 4.03. The van der Waals surface area contributed by atoms with Crippen LogP contribution in [-0.2, 0) is 14.3 Å². The SMILES string of the molecule is COC(=O)C(c1ccccc1Cl)N1CCN(C(=O)CCC(=O)c2ccc(Cl)cc2)CC1. The van der Waals surface area contributed by atoms with Crippen LogP contribution in [0, 0.1) is 0 Å². The van der Waals surface area contributed by atoms with Crippen LogP contribution in [0.5, 0.6) is 0 Å². The van der Waals surface area contributed by atoms with E-state index in [1.807, 2.05) is 23.1 Å². The molecule has 8 heteroatoms. The van der Waals surface area contributed by atoms with E-state index in [9.17, 15) is 14.4 Å². The predicted molar refractivity (Wildman–Crippen MR) is 119 cm³/mol. The third kappa shape index (κ3) is 5.85. The van der Waals surface area contributed by atoms with Gasteiger partial charge in [-0.3, -0.25) is 14.5 Å². The molecule has 31 heavy (non-hydrogen) atoms. The molecule has 2 aromatic rings. The van der Waals surface area contributed by atoms with Gasteiger partial charge >= 0.3 is 5.97 Å². The second-order valence-corrected chi connectivity index (χ2v) is 8.14. The van der Waals surface area contributed by atoms with Crippen LogP contribution < -0.4 is 0 Å². The zero-order valence-corrected chi connectivity index (χ0v) is 18.7. The first-order chi connectivity index (χ1) is 14.9. The van der Waals surface area contributed by atoms with E-state index in [0.29, 0.717) is 47.4 Å². The molecule has 0 radical (unpaired) electrons. The van der Waals surface area contributed by atoms with Crippen molar-refractivity contribution in [1.82, 2.24) is 9.80 Å². The van der Waals surface area contributed by atoms with E-state index in [-0.39, 0.29) is 30.5 Å². The molecule has 0 bridgehead atoms. The van der Waals surface area contributed by atoms with E-state index < -0.39 is 6.04 Å². The maximum atomic E-state index is 12.6. The number of hydrogen-bond acceptors (Lipinski definition) is 5. The minimum absolute atomic E-state index is 0.0747. The molecule has 0 aliphatic carbocycles. The number of carbonyl (C=O) groups excluding carboxylic acids is 3. The second-order valence-electron chi connectivity index (χ2n) is 7.29. The molecule has 1 aliphatic heterocycles. The fraction of sp³-hybridized carbons (Fsp3) is 0.348. The number of halogens is 2. The number of esters is 1. The Kier molecular flexibility index (Phi) is 8.07. The van der Waals surface area contributed by atoms with Crippen LogP contribution in [0.15, 0.2) is 48.5 Å². The quantitative estimate of drug-likeness (QED) is 0.459. The van der Waals surface area contributed by atoms with Crippen molar-refractivity contribution in [3.8, 4) is 0 Å². The number of hydrogen-bond donors (Lipinski definition) is 0. The smallest absolute Gasteiger partial charge is 0.327 e. The molecular weight excluding hydrogens is 439 g/mol. The molecule has 1 atom stereocenters. The molecule has 2 aromatic carbocycles. The van der Waals surface area contributed by atoms with E-state index in [1.165, 1.54) is 7.11 Å². The number of carbonyl (C=O) groups is 3. The molecule has 0 spiro atoms. The van der Waals surface area contributed by atoms with Gasteiger partial charge in [-0.05, 0) is 35.9 Å². The summed E-state index contributed by atoms with van der Waals surface area (Å²) in [7, 11) is 1.35. The van der Waals surface area contributed by atoms with Crippen LogP contribution in [-0.4, -0.2) is 60.7 Å². The summed E-state index contributed by atoms with van der Waals surface area (Å²) < 4.78 is 5.00. The molecule has 1 heterocycles. The lowest BCUT2D eigenvalue weighted by Gasteiger charge is -2.38. The van der Waals surface area contributed by atoms with Crippen molar-refractivity contribution in [2.24, 2.45) is 0 Å². The summed E-state index contributed by atoms with van der Waals surface area (Å²) in [6.45, 7) is 1.93. The molecule has 1 unspecified atom stereocenters. The normalized spacial score (nSPS) is 15.4. The first kappa shape index (κ1) is 23.3. The average molecular weight is 463 g/mol. The van der Waals surface area contributed by atoms with Crippen molar-refractivity contribution in [3.05, 3.63) is 69.7 Å². The van der Waals surface area contributed by atoms with Crippen molar-refractivity contribution in [2.75, 3.05) is 33.3 Å². The summed E-state index contributed by atoms with van der Waals surface area (Å²) in [6, 6.07) is 13.2. The van der Waals surface area contributed by atoms with Gasteiger partial charge in [-0.25, -0.2) is 4.79 Å². The molecule has 0 N–H and O–H groups in total. The van der Waals surface area contributed by atoms with Gasteiger partial charge in [-0.1, -0.05) is 41.4 Å². The van der Waals surface area contributed by atoms with E-state index in [0.717, 1.165) is 0 Å². The summed E-state index contributed by atoms with van der Waals surface area (Å²) in [5.41, 5.74) is 1.23. The van der Waals surface area contributed by atoms with Crippen LogP contribution >= 0.6 is 23.2 Å². The number of ketones is 1. The Balaban J connectivity index is 1.56. The lowest BCUT2D eigenvalue weighted by atomic mass is 10.0. The topological polar surface area (TPSA) is 66.9 Å². The van der Waals surface area contributed by atoms with Crippen LogP contribution in [0.4, 0.5) is 0 Å². The Bertz CT molecular complexity index is 941. The molecule has 6 nitrogen and oxygen atoms in total. The van der Waals surface area contributed by atoms with Gasteiger partial charge in [-0.2, -0.15) is 0 Å². The first-order valence-corrected chi connectivity index (χ1v) is 10.8. The maximum Gasteiger partial charge on any atom is 0.327 e. The van der Waals surface area contributed by atoms with Crippen molar-refractivity contribution < 1.29 is 19.1 Å².